The van der Waals surface area contributed by atoms with Crippen molar-refractivity contribution >= 4 is 34.9 Å². The van der Waals surface area contributed by atoms with Crippen molar-refractivity contribution < 1.29 is 27.4 Å². The van der Waals surface area contributed by atoms with Crippen molar-refractivity contribution in [3.8, 4) is 11.5 Å². The Hall–Kier alpha value is -3.00. The smallest absolute Gasteiger partial charge is 0.418 e. The third kappa shape index (κ3) is 3.67. The molecule has 2 heterocycles. The second kappa shape index (κ2) is 7.44. The number of nitrogens with zero attached hydrogens (tertiary/aromatic N) is 1. The number of nitrogens with one attached hydrogen (secondary N) is 1. The number of para-hydroxylation sites is 1. The lowest BCUT2D eigenvalue weighted by molar-refractivity contribution is -0.136. The first-order valence-electron chi connectivity index (χ1n) is 8.44. The van der Waals surface area contributed by atoms with E-state index in [1.165, 1.54) is 18.2 Å². The quantitative estimate of drug-likeness (QED) is 0.608. The third-order valence-electron chi connectivity index (χ3n) is 4.63. The molecule has 0 radical (unpaired) electrons. The van der Waals surface area contributed by atoms with Gasteiger partial charge >= 0.3 is 6.18 Å². The van der Waals surface area contributed by atoms with Crippen molar-refractivity contribution in [2.45, 2.75) is 20.0 Å². The molecule has 0 saturated heterocycles. The molecule has 29 heavy (non-hydrogen) atoms. The van der Waals surface area contributed by atoms with Gasteiger partial charge in [0.15, 0.2) is 11.5 Å². The van der Waals surface area contributed by atoms with Gasteiger partial charge in [-0.15, -0.1) is 12.4 Å². The van der Waals surface area contributed by atoms with E-state index in [1.807, 2.05) is 0 Å². The van der Waals surface area contributed by atoms with E-state index in [-0.39, 0.29) is 30.5 Å². The fourth-order valence-corrected chi connectivity index (χ4v) is 3.33. The van der Waals surface area contributed by atoms with Crippen molar-refractivity contribution in [2.24, 2.45) is 0 Å². The number of hydrogen-bond donors (Lipinski definition) is 1. The first kappa shape index (κ1) is 20.7. The normalized spacial score (nSPS) is 12.6. The molecule has 1 amide bonds. The van der Waals surface area contributed by atoms with Crippen LogP contribution in [0.5, 0.6) is 11.5 Å². The number of benzene rings is 2. The fourth-order valence-electron chi connectivity index (χ4n) is 3.33. The van der Waals surface area contributed by atoms with Crippen LogP contribution in [0.15, 0.2) is 36.4 Å². The van der Waals surface area contributed by atoms with Crippen LogP contribution >= 0.6 is 12.4 Å². The minimum Gasteiger partial charge on any atom is -0.454 e. The van der Waals surface area contributed by atoms with Gasteiger partial charge in [-0.1, -0.05) is 12.1 Å². The van der Waals surface area contributed by atoms with Crippen molar-refractivity contribution in [1.82, 2.24) is 4.98 Å². The zero-order valence-electron chi connectivity index (χ0n) is 15.4. The molecule has 0 saturated carbocycles. The first-order chi connectivity index (χ1) is 13.3. The Kier molecular flexibility index (Phi) is 5.32. The number of amides is 1. The number of pyridine rings is 1. The van der Waals surface area contributed by atoms with Gasteiger partial charge < -0.3 is 14.8 Å². The summed E-state index contributed by atoms with van der Waals surface area (Å²) in [5.74, 6) is 0.448. The summed E-state index contributed by atoms with van der Waals surface area (Å²) in [4.78, 5) is 17.3. The Labute approximate surface area is 170 Å². The molecule has 152 valence electrons. The second-order valence-corrected chi connectivity index (χ2v) is 6.42. The predicted molar refractivity (Wildman–Crippen MR) is 104 cm³/mol. The minimum absolute atomic E-state index is 0. The van der Waals surface area contributed by atoms with Crippen LogP contribution in [0.4, 0.5) is 18.9 Å². The molecule has 4 rings (SSSR count). The third-order valence-corrected chi connectivity index (χ3v) is 4.63. The number of alkyl halides is 3. The molecule has 0 bridgehead atoms. The molecule has 9 heteroatoms. The zero-order valence-corrected chi connectivity index (χ0v) is 16.2. The molecular weight excluding hydrogens is 409 g/mol. The van der Waals surface area contributed by atoms with Gasteiger partial charge in [-0.3, -0.25) is 9.78 Å². The molecule has 1 N–H and O–H groups in total. The lowest BCUT2D eigenvalue weighted by Gasteiger charge is -2.16. The van der Waals surface area contributed by atoms with Crippen LogP contribution in [0.1, 0.15) is 27.2 Å². The lowest BCUT2D eigenvalue weighted by Crippen LogP contribution is -2.19. The number of anilines is 1. The molecule has 0 unspecified atom stereocenters. The van der Waals surface area contributed by atoms with E-state index in [0.29, 0.717) is 33.7 Å². The zero-order chi connectivity index (χ0) is 20.1. The highest BCUT2D eigenvalue weighted by atomic mass is 35.5. The Balaban J connectivity index is 0.00000240. The summed E-state index contributed by atoms with van der Waals surface area (Å²) in [6, 6.07) is 8.30. The highest BCUT2D eigenvalue weighted by Crippen LogP contribution is 2.38. The Bertz CT molecular complexity index is 1120. The summed E-state index contributed by atoms with van der Waals surface area (Å²) in [5, 5.41) is 3.05. The topological polar surface area (TPSA) is 60.5 Å². The molecule has 0 spiro atoms. The van der Waals surface area contributed by atoms with Crippen LogP contribution < -0.4 is 14.8 Å². The van der Waals surface area contributed by atoms with E-state index in [1.54, 1.807) is 26.0 Å². The Morgan fingerprint density at radius 3 is 2.45 bits per heavy atom. The predicted octanol–water partition coefficient (Wildman–Crippen LogP) is 5.27. The number of aromatic nitrogens is 1. The summed E-state index contributed by atoms with van der Waals surface area (Å²) < 4.78 is 50.3. The summed E-state index contributed by atoms with van der Waals surface area (Å²) in [6.45, 7) is 3.47. The van der Waals surface area contributed by atoms with Crippen LogP contribution in [-0.2, 0) is 6.18 Å². The van der Waals surface area contributed by atoms with Crippen LogP contribution in [0, 0.1) is 13.8 Å². The monoisotopic (exact) mass is 424 g/mol. The van der Waals surface area contributed by atoms with Crippen molar-refractivity contribution in [3.05, 3.63) is 58.8 Å². The largest absolute Gasteiger partial charge is 0.454 e. The standard InChI is InChI=1S/C20H15F3N2O3.ClH/c1-10-12-7-16-17(28-9-27-16)8-15(12)24-11(2)18(10)19(26)25-14-6-4-3-5-13(14)20(21,22)23;/h3-8H,9H2,1-2H3,(H,25,26);1H. The van der Waals surface area contributed by atoms with Crippen LogP contribution in [-0.4, -0.2) is 17.7 Å². The molecule has 1 aliphatic heterocycles. The van der Waals surface area contributed by atoms with Crippen LogP contribution in [0.25, 0.3) is 10.9 Å². The lowest BCUT2D eigenvalue weighted by atomic mass is 10.0. The SMILES string of the molecule is Cc1nc2cc3c(cc2c(C)c1C(=O)Nc1ccccc1C(F)(F)F)OCO3.Cl. The van der Waals surface area contributed by atoms with Gasteiger partial charge in [0.2, 0.25) is 6.79 Å². The average Bonchev–Trinajstić information content (AvgIpc) is 3.07. The first-order valence-corrected chi connectivity index (χ1v) is 8.44. The van der Waals surface area contributed by atoms with Gasteiger partial charge in [0.1, 0.15) is 0 Å². The van der Waals surface area contributed by atoms with Crippen molar-refractivity contribution in [1.29, 1.82) is 0 Å². The van der Waals surface area contributed by atoms with Gasteiger partial charge in [0.05, 0.1) is 28.0 Å². The molecule has 0 atom stereocenters. The second-order valence-electron chi connectivity index (χ2n) is 6.42. The molecule has 5 nitrogen and oxygen atoms in total. The number of hydrogen-bond acceptors (Lipinski definition) is 4. The van der Waals surface area contributed by atoms with Gasteiger partial charge in [-0.2, -0.15) is 13.2 Å². The van der Waals surface area contributed by atoms with Crippen molar-refractivity contribution in [2.75, 3.05) is 12.1 Å². The summed E-state index contributed by atoms with van der Waals surface area (Å²) in [6.07, 6.45) is -4.58. The van der Waals surface area contributed by atoms with E-state index < -0.39 is 17.6 Å². The summed E-state index contributed by atoms with van der Waals surface area (Å²) in [5.41, 5.74) is 0.642. The molecule has 3 aromatic rings. The number of aryl methyl sites for hydroxylation is 2. The number of ether oxygens (including phenoxy) is 2. The maximum Gasteiger partial charge on any atom is 0.418 e. The van der Waals surface area contributed by atoms with Gasteiger partial charge in [-0.25, -0.2) is 0 Å². The highest BCUT2D eigenvalue weighted by molar-refractivity contribution is 6.09. The molecule has 1 aromatic heterocycles. The maximum atomic E-state index is 13.2. The van der Waals surface area contributed by atoms with Gasteiger partial charge in [0.25, 0.3) is 5.91 Å². The van der Waals surface area contributed by atoms with E-state index in [2.05, 4.69) is 10.3 Å². The highest BCUT2D eigenvalue weighted by Gasteiger charge is 2.34. The number of carbonyl (C=O) groups excluding carboxylic acids is 1. The van der Waals surface area contributed by atoms with E-state index in [9.17, 15) is 18.0 Å². The van der Waals surface area contributed by atoms with Crippen molar-refractivity contribution in [3.63, 3.8) is 0 Å². The molecule has 0 aliphatic carbocycles. The maximum absolute atomic E-state index is 13.2. The van der Waals surface area contributed by atoms with Gasteiger partial charge in [0, 0.05) is 11.5 Å². The molecule has 2 aromatic carbocycles. The Morgan fingerprint density at radius 2 is 1.76 bits per heavy atom. The van der Waals surface area contributed by atoms with Gasteiger partial charge in [-0.05, 0) is 37.6 Å². The molecule has 1 aliphatic rings. The van der Waals surface area contributed by atoms with Crippen LogP contribution in [0.3, 0.4) is 0 Å². The average molecular weight is 425 g/mol. The molecular formula is C20H16ClF3N2O3. The number of halogens is 4. The number of rotatable bonds is 2. The molecule has 0 fully saturated rings. The number of fused-ring (bicyclic) bond motifs is 2. The fraction of sp³-hybridized carbons (Fsp3) is 0.200. The Morgan fingerprint density at radius 1 is 1.10 bits per heavy atom. The minimum atomic E-state index is -4.58. The summed E-state index contributed by atoms with van der Waals surface area (Å²) in [7, 11) is 0. The van der Waals surface area contributed by atoms with E-state index >= 15 is 0 Å². The van der Waals surface area contributed by atoms with Crippen LogP contribution in [0.2, 0.25) is 0 Å². The van der Waals surface area contributed by atoms with E-state index in [4.69, 9.17) is 9.47 Å². The summed E-state index contributed by atoms with van der Waals surface area (Å²) >= 11 is 0. The van der Waals surface area contributed by atoms with E-state index in [0.717, 1.165) is 6.07 Å². The number of carbonyl (C=O) groups is 1.